The summed E-state index contributed by atoms with van der Waals surface area (Å²) in [6.45, 7) is 7.96. The SMILES string of the molecule is CC(C)(C)[N-]CC1CC2C3CCCCC3CC3CCCCC3C2C1.[CH3-].[CH3-].[CH3-].[Ti+4]. The van der Waals surface area contributed by atoms with Gasteiger partial charge in [-0.2, -0.15) is 0 Å². The Kier molecular flexibility index (Phi) is 12.2. The Hall–Kier alpha value is 0.674. The van der Waals surface area contributed by atoms with Gasteiger partial charge in [0.25, 0.3) is 0 Å². The van der Waals surface area contributed by atoms with Crippen LogP contribution in [0, 0.1) is 63.7 Å². The molecule has 1 nitrogen and oxygen atoms in total. The summed E-state index contributed by atoms with van der Waals surface area (Å²) < 4.78 is 0. The third kappa shape index (κ3) is 6.34. The molecule has 0 spiro atoms. The van der Waals surface area contributed by atoms with Crippen molar-refractivity contribution >= 4 is 0 Å². The van der Waals surface area contributed by atoms with E-state index < -0.39 is 0 Å². The molecule has 0 amide bonds. The summed E-state index contributed by atoms with van der Waals surface area (Å²) in [6.07, 6.45) is 17.0. The van der Waals surface area contributed by atoms with E-state index in [1.54, 1.807) is 32.1 Å². The Balaban J connectivity index is 0.00000182. The van der Waals surface area contributed by atoms with E-state index >= 15 is 0 Å². The number of hydrogen-bond donors (Lipinski definition) is 0. The van der Waals surface area contributed by atoms with Crippen LogP contribution in [0.3, 0.4) is 0 Å². The van der Waals surface area contributed by atoms with E-state index in [0.29, 0.717) is 0 Å². The monoisotopic (exact) mass is 423 g/mol. The van der Waals surface area contributed by atoms with Gasteiger partial charge in [0, 0.05) is 0 Å². The summed E-state index contributed by atoms with van der Waals surface area (Å²) in [5, 5.41) is 5.03. The van der Waals surface area contributed by atoms with Gasteiger partial charge in [-0.1, -0.05) is 65.2 Å². The fraction of sp³-hybridized carbons (Fsp3) is 0.885. The second-order valence-corrected chi connectivity index (χ2v) is 10.8. The van der Waals surface area contributed by atoms with Crippen molar-refractivity contribution in [2.45, 2.75) is 96.9 Å². The van der Waals surface area contributed by atoms with Crippen molar-refractivity contribution in [3.63, 3.8) is 0 Å². The molecule has 4 saturated carbocycles. The molecule has 6 unspecified atom stereocenters. The van der Waals surface area contributed by atoms with E-state index in [-0.39, 0.29) is 49.5 Å². The first-order valence-electron chi connectivity index (χ1n) is 11.2. The van der Waals surface area contributed by atoms with Crippen LogP contribution in [0.1, 0.15) is 91.4 Å². The van der Waals surface area contributed by atoms with Gasteiger partial charge >= 0.3 is 21.7 Å². The van der Waals surface area contributed by atoms with Crippen LogP contribution in [0.15, 0.2) is 0 Å². The van der Waals surface area contributed by atoms with E-state index in [9.17, 15) is 0 Å². The van der Waals surface area contributed by atoms with Crippen molar-refractivity contribution < 1.29 is 21.7 Å². The molecule has 0 heterocycles. The quantitative estimate of drug-likeness (QED) is 0.314. The zero-order valence-electron chi connectivity index (χ0n) is 20.0. The van der Waals surface area contributed by atoms with E-state index in [1.165, 1.54) is 38.5 Å². The van der Waals surface area contributed by atoms with E-state index in [1.807, 2.05) is 0 Å². The van der Waals surface area contributed by atoms with Crippen molar-refractivity contribution in [1.82, 2.24) is 0 Å². The Morgan fingerprint density at radius 1 is 0.643 bits per heavy atom. The molecule has 0 saturated heterocycles. The zero-order chi connectivity index (χ0) is 16.7. The molecule has 4 aliphatic carbocycles. The van der Waals surface area contributed by atoms with Crippen LogP contribution in [0.2, 0.25) is 0 Å². The third-order valence-electron chi connectivity index (χ3n) is 8.23. The minimum Gasteiger partial charge on any atom is -0.657 e. The Bertz CT molecular complexity index is 399. The van der Waals surface area contributed by atoms with Gasteiger partial charge in [0.15, 0.2) is 0 Å². The summed E-state index contributed by atoms with van der Waals surface area (Å²) in [4.78, 5) is 0. The fourth-order valence-corrected chi connectivity index (χ4v) is 7.33. The molecule has 6 atom stereocenters. The maximum atomic E-state index is 5.03. The Morgan fingerprint density at radius 2 is 1.07 bits per heavy atom. The molecule has 0 aromatic carbocycles. The number of fused-ring (bicyclic) bond motifs is 5. The molecule has 2 heteroatoms. The summed E-state index contributed by atoms with van der Waals surface area (Å²) in [6, 6.07) is 0. The average Bonchev–Trinajstić information content (AvgIpc) is 2.92. The van der Waals surface area contributed by atoms with Gasteiger partial charge in [-0.3, -0.25) is 0 Å². The summed E-state index contributed by atoms with van der Waals surface area (Å²) in [5.41, 5.74) is 0.158. The predicted octanol–water partition coefficient (Wildman–Crippen LogP) is 8.17. The summed E-state index contributed by atoms with van der Waals surface area (Å²) >= 11 is 0. The van der Waals surface area contributed by atoms with Crippen LogP contribution in [0.5, 0.6) is 0 Å². The molecule has 0 bridgehead atoms. The van der Waals surface area contributed by atoms with E-state index in [0.717, 1.165) is 48.0 Å². The first-order chi connectivity index (χ1) is 11.5. The van der Waals surface area contributed by atoms with Crippen LogP contribution in [0.25, 0.3) is 5.32 Å². The van der Waals surface area contributed by atoms with Gasteiger partial charge < -0.3 is 27.6 Å². The maximum Gasteiger partial charge on any atom is 4.00 e. The van der Waals surface area contributed by atoms with Crippen LogP contribution in [-0.2, 0) is 21.7 Å². The van der Waals surface area contributed by atoms with Gasteiger partial charge in [0.2, 0.25) is 0 Å². The fourth-order valence-electron chi connectivity index (χ4n) is 7.33. The molecule has 0 aromatic rings. The molecule has 162 valence electrons. The third-order valence-corrected chi connectivity index (χ3v) is 8.23. The predicted molar refractivity (Wildman–Crippen MR) is 122 cm³/mol. The first-order valence-corrected chi connectivity index (χ1v) is 11.2. The molecular weight excluding hydrogens is 374 g/mol. The normalized spacial score (nSPS) is 39.3. The van der Waals surface area contributed by atoms with Crippen LogP contribution in [-0.4, -0.2) is 12.1 Å². The topological polar surface area (TPSA) is 14.1 Å². The smallest absolute Gasteiger partial charge is 0.657 e. The van der Waals surface area contributed by atoms with Crippen molar-refractivity contribution in [2.75, 3.05) is 6.54 Å². The number of nitrogens with zero attached hydrogens (tertiary/aromatic N) is 1. The second-order valence-electron chi connectivity index (χ2n) is 10.8. The van der Waals surface area contributed by atoms with Crippen molar-refractivity contribution in [2.24, 2.45) is 41.4 Å². The van der Waals surface area contributed by atoms with Gasteiger partial charge in [-0.15, -0.1) is 12.1 Å². The van der Waals surface area contributed by atoms with Crippen LogP contribution in [0.4, 0.5) is 0 Å². The Labute approximate surface area is 193 Å². The summed E-state index contributed by atoms with van der Waals surface area (Å²) in [7, 11) is 0. The minimum atomic E-state index is 0. The maximum absolute atomic E-state index is 5.03. The van der Waals surface area contributed by atoms with Crippen LogP contribution < -0.4 is 0 Å². The van der Waals surface area contributed by atoms with E-state index in [4.69, 9.17) is 5.32 Å². The molecule has 0 N–H and O–H groups in total. The molecule has 0 aliphatic heterocycles. The molecule has 4 fully saturated rings. The number of hydrogen-bond acceptors (Lipinski definition) is 0. The van der Waals surface area contributed by atoms with Gasteiger partial charge in [0.1, 0.15) is 0 Å². The number of rotatable bonds is 2. The zero-order valence-corrected chi connectivity index (χ0v) is 21.5. The molecule has 4 rings (SSSR count). The molecule has 0 aromatic heterocycles. The van der Waals surface area contributed by atoms with Crippen molar-refractivity contribution in [1.29, 1.82) is 0 Å². The van der Waals surface area contributed by atoms with Gasteiger partial charge in [-0.05, 0) is 67.6 Å². The first kappa shape index (κ1) is 28.7. The molecule has 28 heavy (non-hydrogen) atoms. The van der Waals surface area contributed by atoms with Crippen LogP contribution >= 0.6 is 0 Å². The van der Waals surface area contributed by atoms with Gasteiger partial charge in [-0.25, -0.2) is 0 Å². The van der Waals surface area contributed by atoms with Crippen molar-refractivity contribution in [3.05, 3.63) is 27.6 Å². The second kappa shape index (κ2) is 11.9. The molecule has 4 aliphatic rings. The average molecular weight is 424 g/mol. The van der Waals surface area contributed by atoms with E-state index in [2.05, 4.69) is 20.8 Å². The largest absolute Gasteiger partial charge is 4.00 e. The standard InChI is InChI=1S/C23H40N.3CH3.Ti/c1-23(2,3)24-15-16-12-21-19-10-6-4-8-17(19)14-18-9-5-7-11-20(18)22(21)13-16;;;;/h16-22H,4-15H2,1-3H3;3*1H3;/q4*-1;+4. The van der Waals surface area contributed by atoms with Gasteiger partial charge in [0.05, 0.1) is 0 Å². The molecule has 0 radical (unpaired) electrons. The summed E-state index contributed by atoms with van der Waals surface area (Å²) in [5.74, 6) is 7.42. The van der Waals surface area contributed by atoms with Crippen molar-refractivity contribution in [3.8, 4) is 0 Å². The Morgan fingerprint density at radius 3 is 1.50 bits per heavy atom. The molecular formula is C26H49NTi. The minimum absolute atomic E-state index is 0.